The lowest BCUT2D eigenvalue weighted by molar-refractivity contribution is 1.47. The van der Waals surface area contributed by atoms with E-state index >= 15 is 0 Å². The number of thiophene rings is 2. The van der Waals surface area contributed by atoms with Gasteiger partial charge in [-0.1, -0.05) is 0 Å². The van der Waals surface area contributed by atoms with Crippen LogP contribution in [-0.2, 0) is 0 Å². The maximum absolute atomic E-state index is 2.37. The summed E-state index contributed by atoms with van der Waals surface area (Å²) >= 11 is 3.83. The summed E-state index contributed by atoms with van der Waals surface area (Å²) in [7, 11) is 0. The van der Waals surface area contributed by atoms with Gasteiger partial charge in [0.2, 0.25) is 0 Å². The summed E-state index contributed by atoms with van der Waals surface area (Å²) in [5, 5.41) is 2.88. The molecule has 2 heteroatoms. The van der Waals surface area contributed by atoms with Crippen molar-refractivity contribution in [3.8, 4) is 0 Å². The molecule has 1 aromatic carbocycles. The van der Waals surface area contributed by atoms with E-state index < -0.39 is 0 Å². The van der Waals surface area contributed by atoms with Crippen LogP contribution in [0, 0.1) is 27.7 Å². The largest absolute Gasteiger partial charge is 0.140 e. The van der Waals surface area contributed by atoms with Gasteiger partial charge in [0, 0.05) is 19.2 Å². The highest BCUT2D eigenvalue weighted by atomic mass is 32.1. The van der Waals surface area contributed by atoms with E-state index in [9.17, 15) is 0 Å². The highest BCUT2D eigenvalue weighted by Crippen LogP contribution is 2.38. The van der Waals surface area contributed by atoms with Gasteiger partial charge in [-0.05, 0) is 61.7 Å². The Morgan fingerprint density at radius 1 is 0.688 bits per heavy atom. The van der Waals surface area contributed by atoms with Crippen molar-refractivity contribution < 1.29 is 0 Å². The molecule has 2 heterocycles. The normalized spacial score (nSPS) is 11.8. The Hall–Kier alpha value is -0.860. The van der Waals surface area contributed by atoms with E-state index in [2.05, 4.69) is 39.8 Å². The van der Waals surface area contributed by atoms with Gasteiger partial charge in [-0.3, -0.25) is 0 Å². The second kappa shape index (κ2) is 3.31. The van der Waals surface area contributed by atoms with E-state index in [1.54, 1.807) is 0 Å². The number of hydrogen-bond donors (Lipinski definition) is 0. The quantitative estimate of drug-likeness (QED) is 0.501. The van der Waals surface area contributed by atoms with Crippen LogP contribution >= 0.6 is 22.7 Å². The van der Waals surface area contributed by atoms with Crippen LogP contribution in [0.3, 0.4) is 0 Å². The van der Waals surface area contributed by atoms with E-state index in [1.807, 2.05) is 22.7 Å². The van der Waals surface area contributed by atoms with Gasteiger partial charge in [-0.15, -0.1) is 22.7 Å². The molecule has 0 amide bonds. The fourth-order valence-corrected chi connectivity index (χ4v) is 4.36. The molecule has 0 aliphatic carbocycles. The maximum atomic E-state index is 2.37. The summed E-state index contributed by atoms with van der Waals surface area (Å²) in [6.45, 7) is 8.89. The molecule has 0 aliphatic heterocycles. The standard InChI is InChI=1S/C14H14S2/c1-7-9(3)15-13-6-12-8(2)10(4)16-14(12)5-11(7)13/h5-6H,1-4H3. The van der Waals surface area contributed by atoms with E-state index in [1.165, 1.54) is 41.1 Å². The highest BCUT2D eigenvalue weighted by Gasteiger charge is 2.10. The van der Waals surface area contributed by atoms with Gasteiger partial charge in [0.25, 0.3) is 0 Å². The lowest BCUT2D eigenvalue weighted by atomic mass is 10.1. The Kier molecular flexibility index (Phi) is 2.13. The SMILES string of the molecule is Cc1sc2cc3c(C)c(C)sc3cc2c1C. The highest BCUT2D eigenvalue weighted by molar-refractivity contribution is 7.20. The molecule has 2 aromatic heterocycles. The van der Waals surface area contributed by atoms with Gasteiger partial charge in [-0.2, -0.15) is 0 Å². The zero-order valence-electron chi connectivity index (χ0n) is 9.97. The first-order chi connectivity index (χ1) is 7.58. The molecule has 82 valence electrons. The summed E-state index contributed by atoms with van der Waals surface area (Å²) in [6.07, 6.45) is 0. The van der Waals surface area contributed by atoms with Crippen LogP contribution in [0.4, 0.5) is 0 Å². The van der Waals surface area contributed by atoms with Gasteiger partial charge in [-0.25, -0.2) is 0 Å². The van der Waals surface area contributed by atoms with Gasteiger partial charge in [0.1, 0.15) is 0 Å². The molecule has 0 unspecified atom stereocenters. The molecule has 0 bridgehead atoms. The fourth-order valence-electron chi connectivity index (χ4n) is 2.18. The van der Waals surface area contributed by atoms with Crippen molar-refractivity contribution in [2.24, 2.45) is 0 Å². The number of rotatable bonds is 0. The molecule has 0 atom stereocenters. The summed E-state index contributed by atoms with van der Waals surface area (Å²) < 4.78 is 2.87. The summed E-state index contributed by atoms with van der Waals surface area (Å²) in [6, 6.07) is 4.74. The van der Waals surface area contributed by atoms with Gasteiger partial charge in [0.15, 0.2) is 0 Å². The van der Waals surface area contributed by atoms with Crippen molar-refractivity contribution in [1.82, 2.24) is 0 Å². The molecule has 0 N–H and O–H groups in total. The number of hydrogen-bond acceptors (Lipinski definition) is 2. The lowest BCUT2D eigenvalue weighted by Crippen LogP contribution is -1.72. The van der Waals surface area contributed by atoms with Crippen molar-refractivity contribution >= 4 is 42.8 Å². The smallest absolute Gasteiger partial charge is 0.0355 e. The van der Waals surface area contributed by atoms with Gasteiger partial charge in [0.05, 0.1) is 0 Å². The Labute approximate surface area is 104 Å². The molecule has 3 aromatic rings. The Morgan fingerprint density at radius 2 is 1.06 bits per heavy atom. The van der Waals surface area contributed by atoms with Crippen molar-refractivity contribution in [2.75, 3.05) is 0 Å². The first kappa shape index (κ1) is 10.3. The number of fused-ring (bicyclic) bond motifs is 2. The average Bonchev–Trinajstić information content (AvgIpc) is 2.67. The number of aryl methyl sites for hydroxylation is 4. The predicted molar refractivity (Wildman–Crippen MR) is 76.2 cm³/mol. The third-order valence-corrected chi connectivity index (χ3v) is 5.81. The van der Waals surface area contributed by atoms with E-state index in [4.69, 9.17) is 0 Å². The third kappa shape index (κ3) is 1.26. The summed E-state index contributed by atoms with van der Waals surface area (Å²) in [5.74, 6) is 0. The van der Waals surface area contributed by atoms with Crippen LogP contribution in [0.15, 0.2) is 12.1 Å². The lowest BCUT2D eigenvalue weighted by Gasteiger charge is -1.94. The van der Waals surface area contributed by atoms with E-state index in [0.717, 1.165) is 0 Å². The van der Waals surface area contributed by atoms with Crippen molar-refractivity contribution in [1.29, 1.82) is 0 Å². The molecule has 0 fully saturated rings. The molecule has 0 spiro atoms. The minimum absolute atomic E-state index is 1.43. The van der Waals surface area contributed by atoms with Crippen LogP contribution in [0.25, 0.3) is 20.2 Å². The Bertz CT molecular complexity index is 636. The molecule has 3 rings (SSSR count). The van der Waals surface area contributed by atoms with Crippen molar-refractivity contribution in [2.45, 2.75) is 27.7 Å². The van der Waals surface area contributed by atoms with Gasteiger partial charge < -0.3 is 0 Å². The molecule has 0 aliphatic rings. The first-order valence-corrected chi connectivity index (χ1v) is 7.10. The average molecular weight is 246 g/mol. The van der Waals surface area contributed by atoms with Gasteiger partial charge >= 0.3 is 0 Å². The van der Waals surface area contributed by atoms with Crippen LogP contribution in [0.1, 0.15) is 20.9 Å². The van der Waals surface area contributed by atoms with Crippen LogP contribution in [0.2, 0.25) is 0 Å². The molecule has 16 heavy (non-hydrogen) atoms. The minimum Gasteiger partial charge on any atom is -0.140 e. The van der Waals surface area contributed by atoms with E-state index in [0.29, 0.717) is 0 Å². The second-order valence-electron chi connectivity index (χ2n) is 4.41. The van der Waals surface area contributed by atoms with Crippen molar-refractivity contribution in [3.05, 3.63) is 33.0 Å². The van der Waals surface area contributed by atoms with Crippen molar-refractivity contribution in [3.63, 3.8) is 0 Å². The topological polar surface area (TPSA) is 0 Å². The first-order valence-electron chi connectivity index (χ1n) is 5.47. The monoisotopic (exact) mass is 246 g/mol. The van der Waals surface area contributed by atoms with Crippen LogP contribution in [0.5, 0.6) is 0 Å². The Balaban J connectivity index is 2.52. The Morgan fingerprint density at radius 3 is 1.44 bits per heavy atom. The minimum atomic E-state index is 1.43. The molecule has 0 radical (unpaired) electrons. The van der Waals surface area contributed by atoms with E-state index in [-0.39, 0.29) is 0 Å². The molecule has 0 nitrogen and oxygen atoms in total. The van der Waals surface area contributed by atoms with Crippen LogP contribution in [-0.4, -0.2) is 0 Å². The molecular formula is C14H14S2. The zero-order valence-corrected chi connectivity index (χ0v) is 11.6. The predicted octanol–water partition coefficient (Wildman–Crippen LogP) is 5.35. The summed E-state index contributed by atoms with van der Waals surface area (Å²) in [5.41, 5.74) is 2.90. The van der Waals surface area contributed by atoms with Crippen LogP contribution < -0.4 is 0 Å². The molecular weight excluding hydrogens is 232 g/mol. The number of benzene rings is 1. The molecule has 0 saturated heterocycles. The zero-order chi connectivity index (χ0) is 11.4. The molecule has 0 saturated carbocycles. The fraction of sp³-hybridized carbons (Fsp3) is 0.286. The summed E-state index contributed by atoms with van der Waals surface area (Å²) in [4.78, 5) is 2.89. The maximum Gasteiger partial charge on any atom is 0.0355 e. The second-order valence-corrected chi connectivity index (χ2v) is 6.92. The third-order valence-electron chi connectivity index (χ3n) is 3.47.